The lowest BCUT2D eigenvalue weighted by Crippen LogP contribution is -2.11. The molecular weight excluding hydrogens is 504 g/mol. The SMILES string of the molecule is N=C1S/C(=C\c2ccc(OCc3cccc4ccccc34)c(Br)c2)C(=O)[C@@H]1c1nccs1. The number of carbonyl (C=O) groups excluding carboxylic acids is 1. The van der Waals surface area contributed by atoms with Gasteiger partial charge in [0.05, 0.1) is 14.4 Å². The summed E-state index contributed by atoms with van der Waals surface area (Å²) in [4.78, 5) is 17.6. The Hall–Kier alpha value is -2.74. The summed E-state index contributed by atoms with van der Waals surface area (Å²) in [6.07, 6.45) is 3.50. The van der Waals surface area contributed by atoms with Gasteiger partial charge in [-0.05, 0) is 56.0 Å². The second-order valence-electron chi connectivity index (χ2n) is 7.26. The van der Waals surface area contributed by atoms with Gasteiger partial charge in [-0.2, -0.15) is 0 Å². The largest absolute Gasteiger partial charge is 0.488 e. The van der Waals surface area contributed by atoms with Crippen LogP contribution in [0, 0.1) is 5.41 Å². The van der Waals surface area contributed by atoms with Gasteiger partial charge in [-0.1, -0.05) is 60.3 Å². The molecule has 3 aromatic carbocycles. The molecule has 0 spiro atoms. The van der Waals surface area contributed by atoms with Gasteiger partial charge in [0.15, 0.2) is 5.78 Å². The number of ketones is 1. The number of allylic oxidation sites excluding steroid dienone is 1. The average molecular weight is 521 g/mol. The van der Waals surface area contributed by atoms with Crippen LogP contribution in [0.4, 0.5) is 0 Å². The third kappa shape index (κ3) is 4.16. The molecule has 1 aromatic heterocycles. The van der Waals surface area contributed by atoms with E-state index in [0.29, 0.717) is 21.6 Å². The Labute approximate surface area is 202 Å². The molecule has 1 fully saturated rings. The number of thiazole rings is 1. The molecular formula is C25H17BrN2O2S2. The Balaban J connectivity index is 1.33. The average Bonchev–Trinajstić information content (AvgIpc) is 3.41. The fourth-order valence-electron chi connectivity index (χ4n) is 3.64. The minimum atomic E-state index is -0.571. The molecule has 1 atom stereocenters. The molecule has 1 aliphatic heterocycles. The Morgan fingerprint density at radius 1 is 1.12 bits per heavy atom. The van der Waals surface area contributed by atoms with E-state index >= 15 is 0 Å². The van der Waals surface area contributed by atoms with Crippen LogP contribution in [-0.4, -0.2) is 15.8 Å². The number of fused-ring (bicyclic) bond motifs is 1. The van der Waals surface area contributed by atoms with Crippen molar-refractivity contribution >= 4 is 66.7 Å². The van der Waals surface area contributed by atoms with Gasteiger partial charge in [-0.3, -0.25) is 10.2 Å². The molecule has 1 N–H and O–H groups in total. The molecule has 4 nitrogen and oxygen atoms in total. The topological polar surface area (TPSA) is 63.0 Å². The summed E-state index contributed by atoms with van der Waals surface area (Å²) in [5.74, 6) is 0.0965. The number of halogens is 1. The Kier molecular flexibility index (Phi) is 5.95. The van der Waals surface area contributed by atoms with Gasteiger partial charge in [-0.15, -0.1) is 11.3 Å². The van der Waals surface area contributed by atoms with E-state index in [1.807, 2.05) is 47.9 Å². The van der Waals surface area contributed by atoms with Crippen molar-refractivity contribution in [2.75, 3.05) is 0 Å². The second kappa shape index (κ2) is 9.02. The highest BCUT2D eigenvalue weighted by atomic mass is 79.9. The van der Waals surface area contributed by atoms with Gasteiger partial charge in [0.2, 0.25) is 0 Å². The molecule has 0 bridgehead atoms. The van der Waals surface area contributed by atoms with Crippen LogP contribution in [0.15, 0.2) is 81.6 Å². The van der Waals surface area contributed by atoms with E-state index in [9.17, 15) is 4.79 Å². The maximum atomic E-state index is 12.8. The summed E-state index contributed by atoms with van der Waals surface area (Å²) >= 11 is 6.21. The fraction of sp³-hybridized carbons (Fsp3) is 0.0800. The first-order chi connectivity index (χ1) is 15.6. The molecule has 7 heteroatoms. The number of Topliss-reactive ketones (excluding diaryl/α,β-unsaturated/α-hetero) is 1. The molecule has 32 heavy (non-hydrogen) atoms. The van der Waals surface area contributed by atoms with Gasteiger partial charge in [0.1, 0.15) is 23.3 Å². The summed E-state index contributed by atoms with van der Waals surface area (Å²) in [6.45, 7) is 0.460. The van der Waals surface area contributed by atoms with Crippen molar-refractivity contribution in [1.29, 1.82) is 5.41 Å². The molecule has 2 heterocycles. The van der Waals surface area contributed by atoms with E-state index in [-0.39, 0.29) is 5.78 Å². The number of thioether (sulfide) groups is 1. The highest BCUT2D eigenvalue weighted by Gasteiger charge is 2.38. The molecule has 158 valence electrons. The lowest BCUT2D eigenvalue weighted by Gasteiger charge is -2.11. The number of hydrogen-bond acceptors (Lipinski definition) is 6. The predicted octanol–water partition coefficient (Wildman–Crippen LogP) is 7.06. The van der Waals surface area contributed by atoms with Crippen molar-refractivity contribution in [3.05, 3.63) is 97.8 Å². The number of ether oxygens (including phenoxy) is 1. The van der Waals surface area contributed by atoms with E-state index in [4.69, 9.17) is 10.1 Å². The van der Waals surface area contributed by atoms with Crippen LogP contribution in [0.5, 0.6) is 5.75 Å². The number of aromatic nitrogens is 1. The molecule has 0 unspecified atom stereocenters. The zero-order chi connectivity index (χ0) is 22.1. The molecule has 4 aromatic rings. The lowest BCUT2D eigenvalue weighted by molar-refractivity contribution is -0.114. The van der Waals surface area contributed by atoms with Crippen molar-refractivity contribution in [1.82, 2.24) is 4.98 Å². The first-order valence-electron chi connectivity index (χ1n) is 9.91. The summed E-state index contributed by atoms with van der Waals surface area (Å²) < 4.78 is 6.89. The van der Waals surface area contributed by atoms with Crippen LogP contribution < -0.4 is 4.74 Å². The maximum absolute atomic E-state index is 12.8. The molecule has 0 saturated carbocycles. The van der Waals surface area contributed by atoms with Crippen molar-refractivity contribution < 1.29 is 9.53 Å². The third-order valence-electron chi connectivity index (χ3n) is 5.20. The second-order valence-corrected chi connectivity index (χ2v) is 10.1. The van der Waals surface area contributed by atoms with Crippen LogP contribution in [0.2, 0.25) is 0 Å². The third-order valence-corrected chi connectivity index (χ3v) is 7.66. The number of hydrogen-bond donors (Lipinski definition) is 1. The zero-order valence-corrected chi connectivity index (χ0v) is 20.0. The number of rotatable bonds is 5. The molecule has 5 rings (SSSR count). The van der Waals surface area contributed by atoms with Crippen LogP contribution >= 0.6 is 39.0 Å². The van der Waals surface area contributed by atoms with E-state index in [1.165, 1.54) is 33.9 Å². The maximum Gasteiger partial charge on any atom is 0.186 e. The highest BCUT2D eigenvalue weighted by Crippen LogP contribution is 2.41. The zero-order valence-electron chi connectivity index (χ0n) is 16.7. The van der Waals surface area contributed by atoms with E-state index in [0.717, 1.165) is 21.3 Å². The fourth-order valence-corrected chi connectivity index (χ4v) is 5.96. The number of benzene rings is 3. The molecule has 0 radical (unpaired) electrons. The standard InChI is InChI=1S/C25H17BrN2O2S2/c26-19-12-15(13-21-23(29)22(24(27)32-21)25-28-10-11-31-25)8-9-20(19)30-14-17-6-3-5-16-4-1-2-7-18(16)17/h1-13,22,27H,14H2/b21-13-,27-24?/t22-/m0/s1. The minimum absolute atomic E-state index is 0.0673. The van der Waals surface area contributed by atoms with Crippen molar-refractivity contribution in [2.45, 2.75) is 12.5 Å². The van der Waals surface area contributed by atoms with Crippen LogP contribution in [0.25, 0.3) is 16.8 Å². The van der Waals surface area contributed by atoms with Crippen molar-refractivity contribution in [3.8, 4) is 5.75 Å². The van der Waals surface area contributed by atoms with Crippen LogP contribution in [0.1, 0.15) is 22.1 Å². The molecule has 0 amide bonds. The quantitative estimate of drug-likeness (QED) is 0.286. The summed E-state index contributed by atoms with van der Waals surface area (Å²) in [6, 6.07) is 20.2. The Bertz CT molecular complexity index is 1360. The monoisotopic (exact) mass is 520 g/mol. The Morgan fingerprint density at radius 2 is 1.97 bits per heavy atom. The van der Waals surface area contributed by atoms with Crippen LogP contribution in [-0.2, 0) is 11.4 Å². The summed E-state index contributed by atoms with van der Waals surface area (Å²) in [7, 11) is 0. The first-order valence-corrected chi connectivity index (χ1v) is 12.4. The van der Waals surface area contributed by atoms with Gasteiger partial charge in [0.25, 0.3) is 0 Å². The van der Waals surface area contributed by atoms with Gasteiger partial charge >= 0.3 is 0 Å². The molecule has 0 aliphatic carbocycles. The number of carbonyl (C=O) groups is 1. The minimum Gasteiger partial charge on any atom is -0.488 e. The Morgan fingerprint density at radius 3 is 2.78 bits per heavy atom. The van der Waals surface area contributed by atoms with Gasteiger partial charge < -0.3 is 4.74 Å². The predicted molar refractivity (Wildman–Crippen MR) is 136 cm³/mol. The van der Waals surface area contributed by atoms with Gasteiger partial charge in [0, 0.05) is 11.6 Å². The van der Waals surface area contributed by atoms with E-state index in [1.54, 1.807) is 6.20 Å². The lowest BCUT2D eigenvalue weighted by atomic mass is 10.0. The van der Waals surface area contributed by atoms with Crippen molar-refractivity contribution in [3.63, 3.8) is 0 Å². The first kappa shape index (κ1) is 21.1. The summed E-state index contributed by atoms with van der Waals surface area (Å²) in [5, 5.41) is 13.4. The highest BCUT2D eigenvalue weighted by molar-refractivity contribution is 9.10. The smallest absolute Gasteiger partial charge is 0.186 e. The van der Waals surface area contributed by atoms with Crippen molar-refractivity contribution in [2.24, 2.45) is 0 Å². The van der Waals surface area contributed by atoms with E-state index in [2.05, 4.69) is 45.2 Å². The number of nitrogens with one attached hydrogen (secondary N) is 1. The summed E-state index contributed by atoms with van der Waals surface area (Å²) in [5.41, 5.74) is 2.00. The molecule has 1 aliphatic rings. The van der Waals surface area contributed by atoms with Crippen LogP contribution in [0.3, 0.4) is 0 Å². The van der Waals surface area contributed by atoms with Gasteiger partial charge in [-0.25, -0.2) is 4.98 Å². The number of nitrogens with zero attached hydrogens (tertiary/aromatic N) is 1. The normalized spacial score (nSPS) is 17.4. The molecule has 1 saturated heterocycles. The van der Waals surface area contributed by atoms with E-state index < -0.39 is 5.92 Å².